The monoisotopic (exact) mass is 261 g/mol. The van der Waals surface area contributed by atoms with Crippen LogP contribution in [0.2, 0.25) is 0 Å². The molecule has 1 aromatic carbocycles. The van der Waals surface area contributed by atoms with E-state index in [0.717, 1.165) is 23.6 Å². The minimum absolute atomic E-state index is 0.132. The van der Waals surface area contributed by atoms with Gasteiger partial charge >= 0.3 is 0 Å². The smallest absolute Gasteiger partial charge is 0.126 e. The largest absolute Gasteiger partial charge is 0.466 e. The van der Waals surface area contributed by atoms with Crippen molar-refractivity contribution < 1.29 is 8.81 Å². The van der Waals surface area contributed by atoms with E-state index < -0.39 is 0 Å². The molecular weight excluding hydrogens is 241 g/mol. The first-order valence-electron chi connectivity index (χ1n) is 6.61. The maximum absolute atomic E-state index is 13.5. The normalized spacial score (nSPS) is 12.6. The van der Waals surface area contributed by atoms with Crippen molar-refractivity contribution in [1.29, 1.82) is 0 Å². The van der Waals surface area contributed by atoms with Crippen molar-refractivity contribution in [1.82, 2.24) is 5.32 Å². The molecule has 1 N–H and O–H groups in total. The molecule has 0 radical (unpaired) electrons. The second-order valence-electron chi connectivity index (χ2n) is 4.89. The lowest BCUT2D eigenvalue weighted by Crippen LogP contribution is -2.21. The Labute approximate surface area is 113 Å². The van der Waals surface area contributed by atoms with Crippen LogP contribution >= 0.6 is 0 Å². The molecule has 0 fully saturated rings. The Morgan fingerprint density at radius 1 is 1.26 bits per heavy atom. The average molecular weight is 261 g/mol. The Hall–Kier alpha value is -1.61. The Morgan fingerprint density at radius 3 is 2.63 bits per heavy atom. The fraction of sp³-hybridized carbons (Fsp3) is 0.375. The molecule has 0 aliphatic rings. The van der Waals surface area contributed by atoms with Gasteiger partial charge in [0.1, 0.15) is 17.3 Å². The quantitative estimate of drug-likeness (QED) is 0.882. The summed E-state index contributed by atoms with van der Waals surface area (Å²) in [5.74, 6) is 1.74. The van der Waals surface area contributed by atoms with Gasteiger partial charge in [0.05, 0.1) is 0 Å². The summed E-state index contributed by atoms with van der Waals surface area (Å²) >= 11 is 0. The first-order chi connectivity index (χ1) is 9.08. The standard InChI is InChI=1S/C16H20FNO/c1-11-10-15(13(3)19-11)12(2)18-9-8-14-6-4-5-7-16(14)17/h4-7,10,12,18H,8-9H2,1-3H3. The predicted octanol–water partition coefficient (Wildman–Crippen LogP) is 3.93. The summed E-state index contributed by atoms with van der Waals surface area (Å²) in [6.45, 7) is 6.75. The van der Waals surface area contributed by atoms with Crippen LogP contribution < -0.4 is 5.32 Å². The van der Waals surface area contributed by atoms with E-state index in [1.54, 1.807) is 6.07 Å². The second-order valence-corrected chi connectivity index (χ2v) is 4.89. The Kier molecular flexibility index (Phi) is 4.38. The van der Waals surface area contributed by atoms with E-state index in [9.17, 15) is 4.39 Å². The summed E-state index contributed by atoms with van der Waals surface area (Å²) in [7, 11) is 0. The third kappa shape index (κ3) is 3.44. The van der Waals surface area contributed by atoms with E-state index in [1.165, 1.54) is 11.6 Å². The molecule has 2 nitrogen and oxygen atoms in total. The topological polar surface area (TPSA) is 25.2 Å². The van der Waals surface area contributed by atoms with Crippen molar-refractivity contribution >= 4 is 0 Å². The highest BCUT2D eigenvalue weighted by atomic mass is 19.1. The Bertz CT molecular complexity index is 547. The maximum Gasteiger partial charge on any atom is 0.126 e. The van der Waals surface area contributed by atoms with Gasteiger partial charge in [-0.25, -0.2) is 4.39 Å². The number of benzene rings is 1. The molecule has 1 atom stereocenters. The van der Waals surface area contributed by atoms with Gasteiger partial charge in [-0.2, -0.15) is 0 Å². The molecule has 2 aromatic rings. The molecule has 0 saturated heterocycles. The lowest BCUT2D eigenvalue weighted by molar-refractivity contribution is 0.489. The van der Waals surface area contributed by atoms with Crippen LogP contribution in [-0.4, -0.2) is 6.54 Å². The minimum atomic E-state index is -0.132. The molecule has 1 heterocycles. The summed E-state index contributed by atoms with van der Waals surface area (Å²) in [5.41, 5.74) is 1.92. The zero-order valence-electron chi connectivity index (χ0n) is 11.7. The number of aryl methyl sites for hydroxylation is 2. The fourth-order valence-corrected chi connectivity index (χ4v) is 2.31. The first kappa shape index (κ1) is 13.8. The molecule has 0 spiro atoms. The number of rotatable bonds is 5. The van der Waals surface area contributed by atoms with Crippen LogP contribution in [0.25, 0.3) is 0 Å². The number of nitrogens with one attached hydrogen (secondary N) is 1. The molecule has 0 saturated carbocycles. The highest BCUT2D eigenvalue weighted by Crippen LogP contribution is 2.21. The van der Waals surface area contributed by atoms with Gasteiger partial charge < -0.3 is 9.73 Å². The Balaban J connectivity index is 1.89. The molecule has 19 heavy (non-hydrogen) atoms. The first-order valence-corrected chi connectivity index (χ1v) is 6.61. The SMILES string of the molecule is Cc1cc(C(C)NCCc2ccccc2F)c(C)o1. The van der Waals surface area contributed by atoms with Crippen LogP contribution in [0.1, 0.15) is 35.6 Å². The fourth-order valence-electron chi connectivity index (χ4n) is 2.31. The van der Waals surface area contributed by atoms with Crippen molar-refractivity contribution in [3.8, 4) is 0 Å². The average Bonchev–Trinajstić information content (AvgIpc) is 2.71. The van der Waals surface area contributed by atoms with Crippen LogP contribution in [0.4, 0.5) is 4.39 Å². The lowest BCUT2D eigenvalue weighted by Gasteiger charge is -2.13. The molecule has 102 valence electrons. The molecule has 0 aliphatic heterocycles. The lowest BCUT2D eigenvalue weighted by atomic mass is 10.1. The number of hydrogen-bond acceptors (Lipinski definition) is 2. The third-order valence-corrected chi connectivity index (χ3v) is 3.35. The van der Waals surface area contributed by atoms with Crippen LogP contribution in [0.15, 0.2) is 34.7 Å². The highest BCUT2D eigenvalue weighted by Gasteiger charge is 2.12. The molecule has 2 rings (SSSR count). The van der Waals surface area contributed by atoms with Gasteiger partial charge in [-0.3, -0.25) is 0 Å². The third-order valence-electron chi connectivity index (χ3n) is 3.35. The molecule has 3 heteroatoms. The summed E-state index contributed by atoms with van der Waals surface area (Å²) in [6, 6.07) is 9.18. The van der Waals surface area contributed by atoms with E-state index in [1.807, 2.05) is 26.0 Å². The van der Waals surface area contributed by atoms with Gasteiger partial charge in [-0.1, -0.05) is 18.2 Å². The molecule has 1 unspecified atom stereocenters. The van der Waals surface area contributed by atoms with Gasteiger partial charge in [0.15, 0.2) is 0 Å². The summed E-state index contributed by atoms with van der Waals surface area (Å²) in [4.78, 5) is 0. The zero-order chi connectivity index (χ0) is 13.8. The van der Waals surface area contributed by atoms with Gasteiger partial charge in [-0.05, 0) is 51.4 Å². The summed E-state index contributed by atoms with van der Waals surface area (Å²) in [5, 5.41) is 3.40. The van der Waals surface area contributed by atoms with E-state index in [-0.39, 0.29) is 11.9 Å². The molecular formula is C16H20FNO. The van der Waals surface area contributed by atoms with Crippen LogP contribution in [0, 0.1) is 19.7 Å². The number of hydrogen-bond donors (Lipinski definition) is 1. The van der Waals surface area contributed by atoms with Crippen LogP contribution in [0.5, 0.6) is 0 Å². The van der Waals surface area contributed by atoms with Crippen molar-refractivity contribution in [2.45, 2.75) is 33.2 Å². The zero-order valence-corrected chi connectivity index (χ0v) is 11.7. The molecule has 0 bridgehead atoms. The van der Waals surface area contributed by atoms with Gasteiger partial charge in [-0.15, -0.1) is 0 Å². The van der Waals surface area contributed by atoms with Gasteiger partial charge in [0.2, 0.25) is 0 Å². The number of halogens is 1. The summed E-state index contributed by atoms with van der Waals surface area (Å²) in [6.07, 6.45) is 0.687. The maximum atomic E-state index is 13.5. The van der Waals surface area contributed by atoms with Crippen LogP contribution in [-0.2, 0) is 6.42 Å². The van der Waals surface area contributed by atoms with E-state index in [4.69, 9.17) is 4.42 Å². The van der Waals surface area contributed by atoms with Gasteiger partial charge in [0.25, 0.3) is 0 Å². The summed E-state index contributed by atoms with van der Waals surface area (Å²) < 4.78 is 19.0. The number of furan rings is 1. The van der Waals surface area contributed by atoms with E-state index >= 15 is 0 Å². The van der Waals surface area contributed by atoms with E-state index in [0.29, 0.717) is 6.42 Å². The highest BCUT2D eigenvalue weighted by molar-refractivity contribution is 5.23. The van der Waals surface area contributed by atoms with Crippen molar-refractivity contribution in [2.24, 2.45) is 0 Å². The predicted molar refractivity (Wildman–Crippen MR) is 74.7 cm³/mol. The van der Waals surface area contributed by atoms with Crippen molar-refractivity contribution in [2.75, 3.05) is 6.54 Å². The van der Waals surface area contributed by atoms with Crippen molar-refractivity contribution in [3.05, 3.63) is 58.8 Å². The minimum Gasteiger partial charge on any atom is -0.466 e. The van der Waals surface area contributed by atoms with E-state index in [2.05, 4.69) is 18.3 Å². The Morgan fingerprint density at radius 2 is 2.00 bits per heavy atom. The van der Waals surface area contributed by atoms with Gasteiger partial charge in [0, 0.05) is 11.6 Å². The molecule has 0 amide bonds. The van der Waals surface area contributed by atoms with Crippen molar-refractivity contribution in [3.63, 3.8) is 0 Å². The van der Waals surface area contributed by atoms with Crippen LogP contribution in [0.3, 0.4) is 0 Å². The second kappa shape index (κ2) is 6.02. The molecule has 0 aliphatic carbocycles. The molecule has 1 aromatic heterocycles.